The zero-order valence-corrected chi connectivity index (χ0v) is 21.3. The SMILES string of the molecule is CC(C)(C)OC(=O)N1C(c2ncc(-c3cc4ccc5cc(Br)ccc5c4s3)[nH]2)[C@H]2CC[C@@H]1C2. The van der Waals surface area contributed by atoms with Crippen LogP contribution in [0, 0.1) is 5.92 Å². The zero-order valence-electron chi connectivity index (χ0n) is 18.9. The number of aromatic nitrogens is 2. The lowest BCUT2D eigenvalue weighted by atomic mass is 9.98. The van der Waals surface area contributed by atoms with Gasteiger partial charge >= 0.3 is 6.09 Å². The number of benzene rings is 2. The number of fused-ring (bicyclic) bond motifs is 5. The summed E-state index contributed by atoms with van der Waals surface area (Å²) >= 11 is 5.35. The molecule has 0 radical (unpaired) electrons. The summed E-state index contributed by atoms with van der Waals surface area (Å²) < 4.78 is 8.12. The highest BCUT2D eigenvalue weighted by molar-refractivity contribution is 9.10. The monoisotopic (exact) mass is 523 g/mol. The van der Waals surface area contributed by atoms with Crippen molar-refractivity contribution < 1.29 is 9.53 Å². The molecule has 2 bridgehead atoms. The van der Waals surface area contributed by atoms with Crippen molar-refractivity contribution in [2.45, 2.75) is 57.7 Å². The third-order valence-electron chi connectivity index (χ3n) is 6.79. The average molecular weight is 524 g/mol. The van der Waals surface area contributed by atoms with Crippen molar-refractivity contribution in [3.63, 3.8) is 0 Å². The fraction of sp³-hybridized carbons (Fsp3) is 0.385. The molecule has 4 aromatic rings. The maximum Gasteiger partial charge on any atom is 0.411 e. The Kier molecular flexibility index (Phi) is 4.86. The van der Waals surface area contributed by atoms with Crippen molar-refractivity contribution in [3.05, 3.63) is 52.9 Å². The van der Waals surface area contributed by atoms with E-state index in [-0.39, 0.29) is 18.2 Å². The molecule has 2 aliphatic rings. The van der Waals surface area contributed by atoms with Crippen LogP contribution in [0.5, 0.6) is 0 Å². The Bertz CT molecular complexity index is 1390. The predicted octanol–water partition coefficient (Wildman–Crippen LogP) is 7.67. The number of imidazole rings is 1. The molecule has 2 aromatic heterocycles. The van der Waals surface area contributed by atoms with E-state index in [2.05, 4.69) is 57.3 Å². The van der Waals surface area contributed by atoms with Gasteiger partial charge in [0.2, 0.25) is 0 Å². The van der Waals surface area contributed by atoms with Gasteiger partial charge in [-0.25, -0.2) is 9.78 Å². The van der Waals surface area contributed by atoms with E-state index in [1.807, 2.05) is 31.9 Å². The number of hydrogen-bond donors (Lipinski definition) is 1. The van der Waals surface area contributed by atoms with E-state index in [0.717, 1.165) is 40.1 Å². The van der Waals surface area contributed by atoms with Crippen molar-refractivity contribution in [3.8, 4) is 10.6 Å². The molecule has 3 heterocycles. The number of piperidine rings is 1. The van der Waals surface area contributed by atoms with Gasteiger partial charge in [-0.1, -0.05) is 34.1 Å². The highest BCUT2D eigenvalue weighted by Gasteiger charge is 2.51. The van der Waals surface area contributed by atoms with Crippen LogP contribution in [-0.2, 0) is 4.74 Å². The molecule has 1 saturated heterocycles. The molecular formula is C26H26BrN3O2S. The first-order valence-corrected chi connectivity index (χ1v) is 13.1. The van der Waals surface area contributed by atoms with Crippen LogP contribution >= 0.6 is 27.3 Å². The number of nitrogens with one attached hydrogen (secondary N) is 1. The molecule has 5 nitrogen and oxygen atoms in total. The number of likely N-dealkylation sites (tertiary alicyclic amines) is 1. The third kappa shape index (κ3) is 3.66. The molecule has 7 heteroatoms. The number of H-pyrrole nitrogens is 1. The summed E-state index contributed by atoms with van der Waals surface area (Å²) in [5.41, 5.74) is 0.496. The molecule has 1 saturated carbocycles. The summed E-state index contributed by atoms with van der Waals surface area (Å²) in [6.45, 7) is 5.76. The molecule has 2 fully saturated rings. The molecule has 33 heavy (non-hydrogen) atoms. The van der Waals surface area contributed by atoms with Crippen LogP contribution in [0.25, 0.3) is 31.4 Å². The number of amides is 1. The van der Waals surface area contributed by atoms with Crippen molar-refractivity contribution >= 4 is 54.2 Å². The van der Waals surface area contributed by atoms with E-state index in [4.69, 9.17) is 9.72 Å². The van der Waals surface area contributed by atoms with Gasteiger partial charge in [-0.3, -0.25) is 4.90 Å². The van der Waals surface area contributed by atoms with E-state index in [9.17, 15) is 4.79 Å². The number of carbonyl (C=O) groups excluding carboxylic acids is 1. The molecule has 1 amide bonds. The van der Waals surface area contributed by atoms with Gasteiger partial charge < -0.3 is 9.72 Å². The van der Waals surface area contributed by atoms with Crippen LogP contribution in [0.3, 0.4) is 0 Å². The van der Waals surface area contributed by atoms with E-state index in [1.54, 1.807) is 11.3 Å². The van der Waals surface area contributed by atoms with Crippen LogP contribution in [0.15, 0.2) is 47.1 Å². The molecule has 1 unspecified atom stereocenters. The predicted molar refractivity (Wildman–Crippen MR) is 137 cm³/mol. The van der Waals surface area contributed by atoms with Crippen LogP contribution in [0.4, 0.5) is 4.79 Å². The number of aromatic amines is 1. The Balaban J connectivity index is 1.35. The molecule has 0 spiro atoms. The van der Waals surface area contributed by atoms with Crippen LogP contribution < -0.4 is 0 Å². The minimum Gasteiger partial charge on any atom is -0.444 e. The van der Waals surface area contributed by atoms with Gasteiger partial charge in [-0.15, -0.1) is 11.3 Å². The second-order valence-electron chi connectivity index (χ2n) is 10.2. The second kappa shape index (κ2) is 7.57. The Labute approximate surface area is 205 Å². The van der Waals surface area contributed by atoms with Crippen LogP contribution in [-0.4, -0.2) is 32.6 Å². The van der Waals surface area contributed by atoms with E-state index in [0.29, 0.717) is 5.92 Å². The third-order valence-corrected chi connectivity index (χ3v) is 8.50. The number of thiophene rings is 1. The van der Waals surface area contributed by atoms with Gasteiger partial charge in [-0.05, 0) is 80.3 Å². The van der Waals surface area contributed by atoms with Gasteiger partial charge in [0.15, 0.2) is 0 Å². The highest BCUT2D eigenvalue weighted by Crippen LogP contribution is 2.50. The lowest BCUT2D eigenvalue weighted by molar-refractivity contribution is 0.00620. The number of ether oxygens (including phenoxy) is 1. The summed E-state index contributed by atoms with van der Waals surface area (Å²) in [5.74, 6) is 1.31. The fourth-order valence-corrected chi connectivity index (χ4v) is 7.00. The van der Waals surface area contributed by atoms with Crippen molar-refractivity contribution in [1.82, 2.24) is 14.9 Å². The summed E-state index contributed by atoms with van der Waals surface area (Å²) in [6, 6.07) is 13.2. The van der Waals surface area contributed by atoms with Gasteiger partial charge in [-0.2, -0.15) is 0 Å². The smallest absolute Gasteiger partial charge is 0.411 e. The maximum atomic E-state index is 13.0. The topological polar surface area (TPSA) is 58.2 Å². The van der Waals surface area contributed by atoms with E-state index >= 15 is 0 Å². The molecule has 1 aliphatic heterocycles. The number of nitrogens with zero attached hydrogens (tertiary/aromatic N) is 2. The number of rotatable bonds is 2. The molecule has 3 atom stereocenters. The first-order chi connectivity index (χ1) is 15.8. The van der Waals surface area contributed by atoms with Crippen molar-refractivity contribution in [1.29, 1.82) is 0 Å². The first kappa shape index (κ1) is 21.2. The number of halogens is 1. The Morgan fingerprint density at radius 1 is 1.18 bits per heavy atom. The lowest BCUT2D eigenvalue weighted by Gasteiger charge is -2.35. The van der Waals surface area contributed by atoms with Gasteiger partial charge in [0.1, 0.15) is 11.4 Å². The van der Waals surface area contributed by atoms with Gasteiger partial charge in [0.05, 0.1) is 22.8 Å². The van der Waals surface area contributed by atoms with Crippen LogP contribution in [0.1, 0.15) is 51.9 Å². The molecule has 1 N–H and O–H groups in total. The molecule has 6 rings (SSSR count). The Morgan fingerprint density at radius 2 is 2.00 bits per heavy atom. The Morgan fingerprint density at radius 3 is 2.82 bits per heavy atom. The number of carbonyl (C=O) groups is 1. The van der Waals surface area contributed by atoms with Crippen molar-refractivity contribution in [2.75, 3.05) is 0 Å². The van der Waals surface area contributed by atoms with Gasteiger partial charge in [0.25, 0.3) is 0 Å². The van der Waals surface area contributed by atoms with Gasteiger partial charge in [0, 0.05) is 15.2 Å². The molecule has 170 valence electrons. The van der Waals surface area contributed by atoms with Crippen molar-refractivity contribution in [2.24, 2.45) is 5.92 Å². The summed E-state index contributed by atoms with van der Waals surface area (Å²) in [4.78, 5) is 24.5. The maximum absolute atomic E-state index is 13.0. The summed E-state index contributed by atoms with van der Waals surface area (Å²) in [5, 5.41) is 3.72. The van der Waals surface area contributed by atoms with E-state index in [1.165, 1.54) is 20.9 Å². The highest BCUT2D eigenvalue weighted by atomic mass is 79.9. The summed E-state index contributed by atoms with van der Waals surface area (Å²) in [7, 11) is 0. The summed E-state index contributed by atoms with van der Waals surface area (Å²) in [6.07, 6.45) is 4.91. The largest absolute Gasteiger partial charge is 0.444 e. The molecular weight excluding hydrogens is 498 g/mol. The van der Waals surface area contributed by atoms with E-state index < -0.39 is 5.60 Å². The zero-order chi connectivity index (χ0) is 22.9. The minimum atomic E-state index is -0.507. The normalized spacial score (nSPS) is 22.5. The molecule has 2 aromatic carbocycles. The fourth-order valence-electron chi connectivity index (χ4n) is 5.46. The quantitative estimate of drug-likeness (QED) is 0.293. The Hall–Kier alpha value is -2.38. The number of hydrogen-bond acceptors (Lipinski definition) is 4. The minimum absolute atomic E-state index is 0.0418. The standard InChI is InChI=1S/C26H26BrN3O2S/c1-26(2,3)32-25(31)30-18-8-6-15(11-18)22(30)24-28-13-20(29-24)21-12-16-5-4-14-10-17(27)7-9-19(14)23(16)33-21/h4-5,7,9-10,12-13,15,18,22H,6,8,11H2,1-3H3,(H,28,29)/t15-,18+,22?/m0/s1. The lowest BCUT2D eigenvalue weighted by Crippen LogP contribution is -2.43. The second-order valence-corrected chi connectivity index (χ2v) is 12.2. The molecule has 1 aliphatic carbocycles. The first-order valence-electron chi connectivity index (χ1n) is 11.5. The van der Waals surface area contributed by atoms with Crippen LogP contribution in [0.2, 0.25) is 0 Å². The average Bonchev–Trinajstić information content (AvgIpc) is 3.53.